The molecule has 212 valence electrons. The lowest BCUT2D eigenvalue weighted by Crippen LogP contribution is -2.58. The molecule has 0 amide bonds. The highest BCUT2D eigenvalue weighted by Gasteiger charge is 2.43. The fourth-order valence-electron chi connectivity index (χ4n) is 5.05. The van der Waals surface area contributed by atoms with Gasteiger partial charge in [-0.05, 0) is 72.0 Å². The standard InChI is InChI=1S/C25H47NO10/c1-15(28)8-4-3-5-11-26(12-6-9-17-21(30)24(33)20(29)16(2)35-17)13-7-10-18-22(31)25(34)23(32)19(14-27)36-18/h16-25,27,29-34H,3-14H2,1-2H3/t16-,17-,18+,19+,20+,21+,22+,23+,24+,25+/m0/s1. The summed E-state index contributed by atoms with van der Waals surface area (Å²) < 4.78 is 11.3. The molecule has 0 aromatic heterocycles. The van der Waals surface area contributed by atoms with E-state index in [0.29, 0.717) is 45.2 Å². The number of carbonyl (C=O) groups excluding carboxylic acids is 1. The molecular weight excluding hydrogens is 474 g/mol. The Morgan fingerprint density at radius 2 is 1.17 bits per heavy atom. The zero-order chi connectivity index (χ0) is 26.8. The maximum Gasteiger partial charge on any atom is 0.129 e. The molecule has 11 nitrogen and oxygen atoms in total. The Labute approximate surface area is 213 Å². The van der Waals surface area contributed by atoms with Gasteiger partial charge in [-0.15, -0.1) is 0 Å². The number of hydrogen-bond acceptors (Lipinski definition) is 11. The number of hydrogen-bond donors (Lipinski definition) is 7. The van der Waals surface area contributed by atoms with Crippen LogP contribution in [0.4, 0.5) is 0 Å². The second kappa shape index (κ2) is 15.6. The summed E-state index contributed by atoms with van der Waals surface area (Å²) in [6.45, 7) is 5.00. The average molecular weight is 522 g/mol. The summed E-state index contributed by atoms with van der Waals surface area (Å²) in [4.78, 5) is 13.4. The summed E-state index contributed by atoms with van der Waals surface area (Å²) in [5.74, 6) is 0.180. The lowest BCUT2D eigenvalue weighted by atomic mass is 9.92. The lowest BCUT2D eigenvalue weighted by molar-refractivity contribution is -0.230. The number of rotatable bonds is 15. The van der Waals surface area contributed by atoms with Gasteiger partial charge in [0.1, 0.15) is 48.5 Å². The normalized spacial score (nSPS) is 37.4. The minimum atomic E-state index is -1.38. The van der Waals surface area contributed by atoms with Crippen molar-refractivity contribution in [1.82, 2.24) is 4.90 Å². The molecule has 0 saturated carbocycles. The predicted molar refractivity (Wildman–Crippen MR) is 130 cm³/mol. The van der Waals surface area contributed by atoms with E-state index in [1.165, 1.54) is 0 Å². The zero-order valence-corrected chi connectivity index (χ0v) is 21.6. The zero-order valence-electron chi connectivity index (χ0n) is 21.6. The Balaban J connectivity index is 1.84. The van der Waals surface area contributed by atoms with E-state index in [0.717, 1.165) is 25.8 Å². The van der Waals surface area contributed by atoms with Gasteiger partial charge in [0, 0.05) is 6.42 Å². The van der Waals surface area contributed by atoms with Crippen molar-refractivity contribution in [3.05, 3.63) is 0 Å². The summed E-state index contributed by atoms with van der Waals surface area (Å²) in [5.41, 5.74) is 0. The van der Waals surface area contributed by atoms with Crippen LogP contribution in [0.2, 0.25) is 0 Å². The number of ketones is 1. The van der Waals surface area contributed by atoms with Gasteiger partial charge >= 0.3 is 0 Å². The number of ether oxygens (including phenoxy) is 2. The van der Waals surface area contributed by atoms with Crippen LogP contribution in [0.15, 0.2) is 0 Å². The van der Waals surface area contributed by atoms with E-state index >= 15 is 0 Å². The van der Waals surface area contributed by atoms with E-state index < -0.39 is 67.6 Å². The largest absolute Gasteiger partial charge is 0.394 e. The van der Waals surface area contributed by atoms with Gasteiger partial charge in [-0.2, -0.15) is 0 Å². The van der Waals surface area contributed by atoms with Gasteiger partial charge in [0.2, 0.25) is 0 Å². The maximum absolute atomic E-state index is 11.2. The number of aliphatic hydroxyl groups is 7. The number of carbonyl (C=O) groups is 1. The lowest BCUT2D eigenvalue weighted by Gasteiger charge is -2.40. The van der Waals surface area contributed by atoms with Gasteiger partial charge in [-0.3, -0.25) is 0 Å². The first-order valence-corrected chi connectivity index (χ1v) is 13.3. The van der Waals surface area contributed by atoms with Crippen molar-refractivity contribution in [3.63, 3.8) is 0 Å². The molecule has 2 aliphatic heterocycles. The Bertz CT molecular complexity index is 638. The number of nitrogens with zero attached hydrogens (tertiary/aromatic N) is 1. The highest BCUT2D eigenvalue weighted by molar-refractivity contribution is 5.75. The van der Waals surface area contributed by atoms with Crippen LogP contribution >= 0.6 is 0 Å². The topological polar surface area (TPSA) is 180 Å². The average Bonchev–Trinajstić information content (AvgIpc) is 2.84. The van der Waals surface area contributed by atoms with Crippen LogP contribution in [0.25, 0.3) is 0 Å². The summed E-state index contributed by atoms with van der Waals surface area (Å²) in [5, 5.41) is 69.8. The first-order chi connectivity index (χ1) is 17.1. The van der Waals surface area contributed by atoms with Crippen LogP contribution in [-0.4, -0.2) is 134 Å². The van der Waals surface area contributed by atoms with Crippen LogP contribution < -0.4 is 0 Å². The van der Waals surface area contributed by atoms with Crippen molar-refractivity contribution < 1.29 is 50.0 Å². The van der Waals surface area contributed by atoms with Crippen LogP contribution in [-0.2, 0) is 14.3 Å². The van der Waals surface area contributed by atoms with E-state index in [4.69, 9.17) is 9.47 Å². The van der Waals surface area contributed by atoms with Crippen molar-refractivity contribution in [2.45, 2.75) is 126 Å². The van der Waals surface area contributed by atoms with Crippen molar-refractivity contribution in [1.29, 1.82) is 0 Å². The number of Topliss-reactive ketones (excluding diaryl/α,β-unsaturated/α-hetero) is 1. The molecule has 2 rings (SSSR count). The van der Waals surface area contributed by atoms with Crippen molar-refractivity contribution >= 4 is 5.78 Å². The Morgan fingerprint density at radius 3 is 1.72 bits per heavy atom. The van der Waals surface area contributed by atoms with Crippen LogP contribution in [0, 0.1) is 0 Å². The molecule has 2 fully saturated rings. The molecule has 11 heteroatoms. The summed E-state index contributed by atoms with van der Waals surface area (Å²) >= 11 is 0. The number of unbranched alkanes of at least 4 members (excludes halogenated alkanes) is 2. The second-order valence-electron chi connectivity index (χ2n) is 10.4. The molecule has 0 aliphatic carbocycles. The third-order valence-electron chi connectivity index (χ3n) is 7.37. The summed E-state index contributed by atoms with van der Waals surface area (Å²) in [6, 6.07) is 0. The third-order valence-corrected chi connectivity index (χ3v) is 7.37. The Hall–Kier alpha value is -0.730. The molecule has 0 radical (unpaired) electrons. The maximum atomic E-state index is 11.2. The Kier molecular flexibility index (Phi) is 13.7. The van der Waals surface area contributed by atoms with E-state index in [1.54, 1.807) is 13.8 Å². The minimum Gasteiger partial charge on any atom is -0.394 e. The molecule has 2 heterocycles. The van der Waals surface area contributed by atoms with Gasteiger partial charge in [0.05, 0.1) is 24.9 Å². The second-order valence-corrected chi connectivity index (χ2v) is 10.4. The molecule has 0 aromatic rings. The van der Waals surface area contributed by atoms with Crippen molar-refractivity contribution in [3.8, 4) is 0 Å². The number of aliphatic hydroxyl groups excluding tert-OH is 7. The van der Waals surface area contributed by atoms with E-state index in [9.17, 15) is 40.5 Å². The van der Waals surface area contributed by atoms with E-state index in [2.05, 4.69) is 4.90 Å². The fraction of sp³-hybridized carbons (Fsp3) is 0.960. The van der Waals surface area contributed by atoms with Gasteiger partial charge in [0.25, 0.3) is 0 Å². The SMILES string of the molecule is CC(=O)CCCCCN(CCC[C@@H]1O[C@@H](C)[C@@H](O)[C@@H](O)[C@@H]1O)CCC[C@H]1O[C@H](CO)[C@@H](O)[C@H](O)[C@@H]1O. The summed E-state index contributed by atoms with van der Waals surface area (Å²) in [7, 11) is 0. The van der Waals surface area contributed by atoms with Gasteiger partial charge < -0.3 is 54.9 Å². The van der Waals surface area contributed by atoms with Gasteiger partial charge in [-0.1, -0.05) is 6.42 Å². The van der Waals surface area contributed by atoms with Crippen molar-refractivity contribution in [2.24, 2.45) is 0 Å². The van der Waals surface area contributed by atoms with Crippen LogP contribution in [0.1, 0.15) is 65.2 Å². The minimum absolute atomic E-state index is 0.180. The van der Waals surface area contributed by atoms with E-state index in [-0.39, 0.29) is 5.78 Å². The van der Waals surface area contributed by atoms with Gasteiger partial charge in [-0.25, -0.2) is 0 Å². The van der Waals surface area contributed by atoms with Crippen LogP contribution in [0.5, 0.6) is 0 Å². The molecular formula is C25H47NO10. The molecule has 0 spiro atoms. The highest BCUT2D eigenvalue weighted by Crippen LogP contribution is 2.25. The molecule has 2 saturated heterocycles. The van der Waals surface area contributed by atoms with Crippen molar-refractivity contribution in [2.75, 3.05) is 26.2 Å². The van der Waals surface area contributed by atoms with Gasteiger partial charge in [0.15, 0.2) is 0 Å². The first-order valence-electron chi connectivity index (χ1n) is 13.3. The molecule has 0 unspecified atom stereocenters. The highest BCUT2D eigenvalue weighted by atomic mass is 16.5. The molecule has 0 aromatic carbocycles. The van der Waals surface area contributed by atoms with Crippen LogP contribution in [0.3, 0.4) is 0 Å². The molecule has 36 heavy (non-hydrogen) atoms. The fourth-order valence-corrected chi connectivity index (χ4v) is 5.05. The van der Waals surface area contributed by atoms with E-state index in [1.807, 2.05) is 0 Å². The predicted octanol–water partition coefficient (Wildman–Crippen LogP) is -1.29. The molecule has 7 N–H and O–H groups in total. The monoisotopic (exact) mass is 521 g/mol. The Morgan fingerprint density at radius 1 is 0.667 bits per heavy atom. The molecule has 0 bridgehead atoms. The first kappa shape index (κ1) is 31.5. The quantitative estimate of drug-likeness (QED) is 0.127. The smallest absolute Gasteiger partial charge is 0.129 e. The molecule has 10 atom stereocenters. The summed E-state index contributed by atoms with van der Waals surface area (Å²) in [6.07, 6.45) is -4.68. The third kappa shape index (κ3) is 9.23. The molecule has 2 aliphatic rings.